The van der Waals surface area contributed by atoms with Crippen LogP contribution in [0.15, 0.2) is 30.5 Å². The average molecular weight is 441 g/mol. The number of halogens is 4. The summed E-state index contributed by atoms with van der Waals surface area (Å²) in [5.74, 6) is -6.75. The molecule has 0 radical (unpaired) electrons. The minimum Gasteiger partial charge on any atom is -0.431 e. The molecule has 1 aliphatic rings. The zero-order chi connectivity index (χ0) is 22.9. The summed E-state index contributed by atoms with van der Waals surface area (Å²) in [6, 6.07) is 4.52. The van der Waals surface area contributed by atoms with Crippen LogP contribution in [0.25, 0.3) is 0 Å². The smallest absolute Gasteiger partial charge is 0.387 e. The highest BCUT2D eigenvalue weighted by Gasteiger charge is 2.46. The average Bonchev–Trinajstić information content (AvgIpc) is 3.00. The van der Waals surface area contributed by atoms with E-state index in [1.807, 2.05) is 0 Å². The second-order valence-corrected chi connectivity index (χ2v) is 7.09. The van der Waals surface area contributed by atoms with Gasteiger partial charge in [-0.3, -0.25) is 14.6 Å². The maximum atomic E-state index is 14.3. The molecule has 0 saturated carbocycles. The van der Waals surface area contributed by atoms with Gasteiger partial charge in [0.1, 0.15) is 11.8 Å². The molecule has 7 nitrogen and oxygen atoms in total. The van der Waals surface area contributed by atoms with Crippen LogP contribution in [0.2, 0.25) is 0 Å². The number of ether oxygens (including phenoxy) is 2. The number of primary amides is 1. The van der Waals surface area contributed by atoms with Crippen LogP contribution in [-0.4, -0.2) is 35.6 Å². The summed E-state index contributed by atoms with van der Waals surface area (Å²) in [7, 11) is 0. The number of hydrogen-bond acceptors (Lipinski definition) is 5. The molecule has 0 unspecified atom stereocenters. The lowest BCUT2D eigenvalue weighted by molar-refractivity contribution is -0.127. The van der Waals surface area contributed by atoms with Crippen LogP contribution in [0.4, 0.5) is 23.2 Å². The molecule has 4 atom stereocenters. The number of rotatable bonds is 6. The summed E-state index contributed by atoms with van der Waals surface area (Å²) in [6.07, 6.45) is -0.482. The molecule has 11 heteroatoms. The summed E-state index contributed by atoms with van der Waals surface area (Å²) in [6.45, 7) is -0.0505. The maximum Gasteiger partial charge on any atom is 0.387 e. The lowest BCUT2D eigenvalue weighted by atomic mass is 9.82. The van der Waals surface area contributed by atoms with E-state index in [4.69, 9.17) is 10.5 Å². The van der Waals surface area contributed by atoms with Crippen LogP contribution in [0.3, 0.4) is 0 Å². The van der Waals surface area contributed by atoms with Crippen molar-refractivity contribution in [2.24, 2.45) is 11.7 Å². The second-order valence-electron chi connectivity index (χ2n) is 7.09. The Kier molecular flexibility index (Phi) is 6.44. The first kappa shape index (κ1) is 22.5. The standard InChI is InChI=1S/C20H19F4N3O4/c1-8-9(2)30-17(19(29)27-10-5-6-26-13(7-10)18(25)28)14(8)11-3-4-12(21)15(22)16(11)31-20(23)24/h3-9,14,17,20H,1-2H3,(H2,25,28)(H,26,27,29)/t8-,9-,14+,17-/m1/s1. The molecular formula is C20H19F4N3O4. The molecule has 166 valence electrons. The molecule has 0 spiro atoms. The number of benzene rings is 1. The van der Waals surface area contributed by atoms with Crippen molar-refractivity contribution in [3.8, 4) is 5.75 Å². The molecule has 3 rings (SSSR count). The molecule has 3 N–H and O–H groups in total. The highest BCUT2D eigenvalue weighted by atomic mass is 19.3. The Balaban J connectivity index is 1.96. The van der Waals surface area contributed by atoms with E-state index in [-0.39, 0.29) is 16.9 Å². The molecule has 31 heavy (non-hydrogen) atoms. The van der Waals surface area contributed by atoms with Crippen LogP contribution < -0.4 is 15.8 Å². The van der Waals surface area contributed by atoms with Crippen molar-refractivity contribution >= 4 is 17.5 Å². The maximum absolute atomic E-state index is 14.3. The molecule has 0 aliphatic carbocycles. The normalized spacial score (nSPS) is 23.1. The largest absolute Gasteiger partial charge is 0.431 e. The SMILES string of the molecule is C[C@H]1[C@@H](c2ccc(F)c(F)c2OC(F)F)[C@H](C(=O)Nc2ccnc(C(N)=O)c2)O[C@@H]1C. The van der Waals surface area contributed by atoms with Crippen molar-refractivity contribution < 1.29 is 36.6 Å². The highest BCUT2D eigenvalue weighted by molar-refractivity contribution is 5.97. The van der Waals surface area contributed by atoms with Gasteiger partial charge in [0.2, 0.25) is 5.82 Å². The topological polar surface area (TPSA) is 104 Å². The number of amides is 2. The number of nitrogens with zero attached hydrogens (tertiary/aromatic N) is 1. The molecule has 0 bridgehead atoms. The highest BCUT2D eigenvalue weighted by Crippen LogP contribution is 2.45. The van der Waals surface area contributed by atoms with E-state index in [2.05, 4.69) is 15.0 Å². The van der Waals surface area contributed by atoms with Crippen LogP contribution >= 0.6 is 0 Å². The van der Waals surface area contributed by atoms with Crippen molar-refractivity contribution in [1.29, 1.82) is 0 Å². The number of aromatic nitrogens is 1. The van der Waals surface area contributed by atoms with Gasteiger partial charge in [0.15, 0.2) is 11.6 Å². The first-order valence-corrected chi connectivity index (χ1v) is 9.25. The number of hydrogen-bond donors (Lipinski definition) is 2. The Morgan fingerprint density at radius 1 is 1.23 bits per heavy atom. The summed E-state index contributed by atoms with van der Waals surface area (Å²) in [4.78, 5) is 28.0. The Morgan fingerprint density at radius 3 is 2.58 bits per heavy atom. The van der Waals surface area contributed by atoms with Crippen LogP contribution in [0.1, 0.15) is 35.8 Å². The lowest BCUT2D eigenvalue weighted by Gasteiger charge is -2.24. The van der Waals surface area contributed by atoms with Gasteiger partial charge in [0.25, 0.3) is 11.8 Å². The van der Waals surface area contributed by atoms with Gasteiger partial charge >= 0.3 is 6.61 Å². The molecule has 2 heterocycles. The molecule has 2 amide bonds. The minimum absolute atomic E-state index is 0.0864. The number of alkyl halides is 2. The Morgan fingerprint density at radius 2 is 1.94 bits per heavy atom. The zero-order valence-corrected chi connectivity index (χ0v) is 16.4. The van der Waals surface area contributed by atoms with E-state index in [0.29, 0.717) is 0 Å². The van der Waals surface area contributed by atoms with Crippen LogP contribution in [0, 0.1) is 17.6 Å². The number of carbonyl (C=O) groups is 2. The van der Waals surface area contributed by atoms with Crippen molar-refractivity contribution in [2.75, 3.05) is 5.32 Å². The van der Waals surface area contributed by atoms with Crippen molar-refractivity contribution in [3.05, 3.63) is 53.4 Å². The van der Waals surface area contributed by atoms with Crippen molar-refractivity contribution in [2.45, 2.75) is 38.6 Å². The van der Waals surface area contributed by atoms with Crippen LogP contribution in [0.5, 0.6) is 5.75 Å². The third-order valence-corrected chi connectivity index (χ3v) is 5.18. The Hall–Kier alpha value is -3.21. The van der Waals surface area contributed by atoms with E-state index >= 15 is 0 Å². The molecule has 1 aliphatic heterocycles. The summed E-state index contributed by atoms with van der Waals surface area (Å²) in [5, 5.41) is 2.54. The second kappa shape index (κ2) is 8.88. The number of pyridine rings is 1. The van der Waals surface area contributed by atoms with E-state index in [1.54, 1.807) is 13.8 Å². The van der Waals surface area contributed by atoms with E-state index in [9.17, 15) is 27.2 Å². The van der Waals surface area contributed by atoms with Gasteiger partial charge in [-0.05, 0) is 31.0 Å². The lowest BCUT2D eigenvalue weighted by Crippen LogP contribution is -2.33. The van der Waals surface area contributed by atoms with Crippen LogP contribution in [-0.2, 0) is 9.53 Å². The monoisotopic (exact) mass is 441 g/mol. The minimum atomic E-state index is -3.40. The summed E-state index contributed by atoms with van der Waals surface area (Å²) in [5.41, 5.74) is 5.16. The number of nitrogens with two attached hydrogens (primary N) is 1. The molecule has 1 aromatic carbocycles. The first-order valence-electron chi connectivity index (χ1n) is 9.25. The third kappa shape index (κ3) is 4.61. The van der Waals surface area contributed by atoms with Gasteiger partial charge in [-0.1, -0.05) is 13.0 Å². The van der Waals surface area contributed by atoms with Gasteiger partial charge in [-0.15, -0.1) is 0 Å². The van der Waals surface area contributed by atoms with Gasteiger partial charge in [0.05, 0.1) is 6.10 Å². The molecule has 1 fully saturated rings. The van der Waals surface area contributed by atoms with Gasteiger partial charge in [-0.2, -0.15) is 13.2 Å². The van der Waals surface area contributed by atoms with Crippen molar-refractivity contribution in [3.63, 3.8) is 0 Å². The Bertz CT molecular complexity index is 1000. The van der Waals surface area contributed by atoms with Gasteiger partial charge in [-0.25, -0.2) is 4.39 Å². The number of nitrogens with one attached hydrogen (secondary N) is 1. The summed E-state index contributed by atoms with van der Waals surface area (Å²) < 4.78 is 63.6. The molecule has 1 aromatic heterocycles. The van der Waals surface area contributed by atoms with E-state index < -0.39 is 59.9 Å². The molecule has 2 aromatic rings. The zero-order valence-electron chi connectivity index (χ0n) is 16.4. The predicted octanol–water partition coefficient (Wildman–Crippen LogP) is 3.21. The fourth-order valence-electron chi connectivity index (χ4n) is 3.55. The van der Waals surface area contributed by atoms with E-state index in [0.717, 1.165) is 12.1 Å². The number of carbonyl (C=O) groups excluding carboxylic acids is 2. The third-order valence-electron chi connectivity index (χ3n) is 5.18. The first-order chi connectivity index (χ1) is 14.6. The molecule has 1 saturated heterocycles. The van der Waals surface area contributed by atoms with Crippen molar-refractivity contribution in [1.82, 2.24) is 4.98 Å². The van der Waals surface area contributed by atoms with Gasteiger partial charge in [0, 0.05) is 23.4 Å². The van der Waals surface area contributed by atoms with Gasteiger partial charge < -0.3 is 20.5 Å². The molecular weight excluding hydrogens is 422 g/mol. The number of anilines is 1. The predicted molar refractivity (Wildman–Crippen MR) is 101 cm³/mol. The fourth-order valence-corrected chi connectivity index (χ4v) is 3.55. The fraction of sp³-hybridized carbons (Fsp3) is 0.350. The quantitative estimate of drug-likeness (QED) is 0.670. The summed E-state index contributed by atoms with van der Waals surface area (Å²) >= 11 is 0. The Labute approximate surface area is 174 Å². The van der Waals surface area contributed by atoms with E-state index in [1.165, 1.54) is 18.3 Å².